The molecule has 19 heavy (non-hydrogen) atoms. The third-order valence-electron chi connectivity index (χ3n) is 3.72. The number of para-hydroxylation sites is 1. The molecule has 0 bridgehead atoms. The van der Waals surface area contributed by atoms with E-state index >= 15 is 0 Å². The molecule has 1 aliphatic heterocycles. The fraction of sp³-hybridized carbons (Fsp3) is 0.312. The van der Waals surface area contributed by atoms with Crippen LogP contribution in [0, 0.1) is 0 Å². The van der Waals surface area contributed by atoms with Crippen LogP contribution >= 0.6 is 0 Å². The minimum atomic E-state index is 0.311. The second-order valence-electron chi connectivity index (χ2n) is 5.02. The van der Waals surface area contributed by atoms with Crippen molar-refractivity contribution in [2.75, 3.05) is 11.9 Å². The Kier molecular flexibility index (Phi) is 3.47. The van der Waals surface area contributed by atoms with Crippen LogP contribution in [0.3, 0.4) is 0 Å². The molecule has 0 spiro atoms. The standard InChI is InChI=1S/C16H19N3/c1-12(14-6-3-8-17-10-14)19-11-15-5-2-4-13-7-9-18-16(13)15/h2-6,8,10,12,18-19H,7,9,11H2,1H3. The Morgan fingerprint density at radius 1 is 1.32 bits per heavy atom. The van der Waals surface area contributed by atoms with E-state index in [9.17, 15) is 0 Å². The molecule has 2 aromatic rings. The highest BCUT2D eigenvalue weighted by molar-refractivity contribution is 5.61. The number of anilines is 1. The molecule has 0 radical (unpaired) electrons. The third kappa shape index (κ3) is 2.61. The smallest absolute Gasteiger partial charge is 0.0419 e. The van der Waals surface area contributed by atoms with E-state index in [-0.39, 0.29) is 0 Å². The summed E-state index contributed by atoms with van der Waals surface area (Å²) < 4.78 is 0. The lowest BCUT2D eigenvalue weighted by atomic mass is 10.1. The molecule has 3 rings (SSSR count). The Labute approximate surface area is 114 Å². The molecule has 1 aromatic heterocycles. The van der Waals surface area contributed by atoms with Gasteiger partial charge in [0.25, 0.3) is 0 Å². The van der Waals surface area contributed by atoms with Gasteiger partial charge in [-0.05, 0) is 36.1 Å². The van der Waals surface area contributed by atoms with Gasteiger partial charge in [0.15, 0.2) is 0 Å². The zero-order chi connectivity index (χ0) is 13.1. The van der Waals surface area contributed by atoms with Crippen LogP contribution in [0.2, 0.25) is 0 Å². The average molecular weight is 253 g/mol. The zero-order valence-corrected chi connectivity index (χ0v) is 11.2. The molecule has 1 aromatic carbocycles. The monoisotopic (exact) mass is 253 g/mol. The number of aromatic nitrogens is 1. The summed E-state index contributed by atoms with van der Waals surface area (Å²) in [6, 6.07) is 11.0. The second-order valence-corrected chi connectivity index (χ2v) is 5.02. The van der Waals surface area contributed by atoms with E-state index in [2.05, 4.69) is 46.8 Å². The fourth-order valence-corrected chi connectivity index (χ4v) is 2.57. The summed E-state index contributed by atoms with van der Waals surface area (Å²) in [4.78, 5) is 4.17. The number of rotatable bonds is 4. The highest BCUT2D eigenvalue weighted by atomic mass is 14.9. The second kappa shape index (κ2) is 5.41. The Balaban J connectivity index is 1.69. The van der Waals surface area contributed by atoms with Gasteiger partial charge in [0.05, 0.1) is 0 Å². The average Bonchev–Trinajstić information content (AvgIpc) is 2.94. The third-order valence-corrected chi connectivity index (χ3v) is 3.72. The van der Waals surface area contributed by atoms with Crippen molar-refractivity contribution < 1.29 is 0 Å². The maximum absolute atomic E-state index is 4.17. The highest BCUT2D eigenvalue weighted by Crippen LogP contribution is 2.26. The molecule has 2 heterocycles. The van der Waals surface area contributed by atoms with E-state index in [1.165, 1.54) is 22.4 Å². The number of hydrogen-bond acceptors (Lipinski definition) is 3. The summed E-state index contributed by atoms with van der Waals surface area (Å²) in [6.45, 7) is 4.12. The Hall–Kier alpha value is -1.87. The largest absolute Gasteiger partial charge is 0.384 e. The summed E-state index contributed by atoms with van der Waals surface area (Å²) in [5, 5.41) is 7.04. The number of nitrogens with zero attached hydrogens (tertiary/aromatic N) is 1. The molecule has 0 saturated heterocycles. The molecule has 0 amide bonds. The molecule has 3 nitrogen and oxygen atoms in total. The van der Waals surface area contributed by atoms with Crippen LogP contribution in [-0.4, -0.2) is 11.5 Å². The van der Waals surface area contributed by atoms with Crippen molar-refractivity contribution in [2.45, 2.75) is 25.9 Å². The molecule has 0 saturated carbocycles. The zero-order valence-electron chi connectivity index (χ0n) is 11.2. The van der Waals surface area contributed by atoms with Crippen molar-refractivity contribution >= 4 is 5.69 Å². The van der Waals surface area contributed by atoms with Crippen LogP contribution in [0.25, 0.3) is 0 Å². The number of fused-ring (bicyclic) bond motifs is 1. The topological polar surface area (TPSA) is 37.0 Å². The van der Waals surface area contributed by atoms with Crippen LogP contribution in [0.5, 0.6) is 0 Å². The van der Waals surface area contributed by atoms with Crippen LogP contribution in [0.15, 0.2) is 42.7 Å². The van der Waals surface area contributed by atoms with Crippen molar-refractivity contribution in [3.05, 3.63) is 59.4 Å². The van der Waals surface area contributed by atoms with Gasteiger partial charge in [-0.15, -0.1) is 0 Å². The predicted molar refractivity (Wildman–Crippen MR) is 78.1 cm³/mol. The number of hydrogen-bond donors (Lipinski definition) is 2. The first-order valence-corrected chi connectivity index (χ1v) is 6.82. The van der Waals surface area contributed by atoms with Crippen LogP contribution < -0.4 is 10.6 Å². The van der Waals surface area contributed by atoms with E-state index in [1.54, 1.807) is 0 Å². The predicted octanol–water partition coefficient (Wildman–Crippen LogP) is 2.90. The number of pyridine rings is 1. The first-order valence-electron chi connectivity index (χ1n) is 6.82. The van der Waals surface area contributed by atoms with E-state index in [1.807, 2.05) is 18.5 Å². The fourth-order valence-electron chi connectivity index (χ4n) is 2.57. The molecule has 98 valence electrons. The molecule has 3 heteroatoms. The van der Waals surface area contributed by atoms with Crippen LogP contribution in [0.4, 0.5) is 5.69 Å². The van der Waals surface area contributed by atoms with E-state index in [0.29, 0.717) is 6.04 Å². The Morgan fingerprint density at radius 3 is 3.11 bits per heavy atom. The Bertz CT molecular complexity index is 551. The summed E-state index contributed by atoms with van der Waals surface area (Å²) >= 11 is 0. The number of benzene rings is 1. The van der Waals surface area contributed by atoms with E-state index in [0.717, 1.165) is 19.5 Å². The first-order chi connectivity index (χ1) is 9.34. The van der Waals surface area contributed by atoms with E-state index in [4.69, 9.17) is 0 Å². The molecule has 2 N–H and O–H groups in total. The maximum atomic E-state index is 4.17. The van der Waals surface area contributed by atoms with Gasteiger partial charge in [-0.25, -0.2) is 0 Å². The van der Waals surface area contributed by atoms with Gasteiger partial charge < -0.3 is 10.6 Å². The van der Waals surface area contributed by atoms with Gasteiger partial charge in [-0.1, -0.05) is 24.3 Å². The lowest BCUT2D eigenvalue weighted by Gasteiger charge is -2.15. The molecule has 0 fully saturated rings. The highest BCUT2D eigenvalue weighted by Gasteiger charge is 2.14. The maximum Gasteiger partial charge on any atom is 0.0419 e. The summed E-state index contributed by atoms with van der Waals surface area (Å²) in [7, 11) is 0. The summed E-state index contributed by atoms with van der Waals surface area (Å²) in [6.07, 6.45) is 4.87. The lowest BCUT2D eigenvalue weighted by Crippen LogP contribution is -2.18. The Morgan fingerprint density at radius 2 is 2.26 bits per heavy atom. The van der Waals surface area contributed by atoms with Crippen molar-refractivity contribution in [2.24, 2.45) is 0 Å². The SMILES string of the molecule is CC(NCc1cccc2c1NCC2)c1cccnc1. The molecule has 1 aliphatic rings. The van der Waals surface area contributed by atoms with Gasteiger partial charge >= 0.3 is 0 Å². The van der Waals surface area contributed by atoms with Gasteiger partial charge in [-0.3, -0.25) is 4.98 Å². The van der Waals surface area contributed by atoms with E-state index < -0.39 is 0 Å². The quantitative estimate of drug-likeness (QED) is 0.879. The summed E-state index contributed by atoms with van der Waals surface area (Å²) in [5.74, 6) is 0. The number of nitrogens with one attached hydrogen (secondary N) is 2. The molecule has 0 aliphatic carbocycles. The summed E-state index contributed by atoms with van der Waals surface area (Å²) in [5.41, 5.74) is 5.34. The molecule has 1 atom stereocenters. The van der Waals surface area contributed by atoms with Crippen LogP contribution in [-0.2, 0) is 13.0 Å². The molecule has 1 unspecified atom stereocenters. The van der Waals surface area contributed by atoms with Gasteiger partial charge in [0.2, 0.25) is 0 Å². The van der Waals surface area contributed by atoms with Crippen molar-refractivity contribution in [3.8, 4) is 0 Å². The minimum Gasteiger partial charge on any atom is -0.384 e. The normalized spacial score (nSPS) is 14.8. The minimum absolute atomic E-state index is 0.311. The van der Waals surface area contributed by atoms with Crippen LogP contribution in [0.1, 0.15) is 29.7 Å². The lowest BCUT2D eigenvalue weighted by molar-refractivity contribution is 0.573. The van der Waals surface area contributed by atoms with Gasteiger partial charge in [0.1, 0.15) is 0 Å². The molecular weight excluding hydrogens is 234 g/mol. The van der Waals surface area contributed by atoms with Crippen molar-refractivity contribution in [3.63, 3.8) is 0 Å². The molecular formula is C16H19N3. The van der Waals surface area contributed by atoms with Crippen molar-refractivity contribution in [1.82, 2.24) is 10.3 Å². The van der Waals surface area contributed by atoms with Crippen molar-refractivity contribution in [1.29, 1.82) is 0 Å². The first kappa shape index (κ1) is 12.2. The van der Waals surface area contributed by atoms with Gasteiger partial charge in [-0.2, -0.15) is 0 Å². The van der Waals surface area contributed by atoms with Gasteiger partial charge in [0, 0.05) is 37.2 Å².